The highest BCUT2D eigenvalue weighted by atomic mass is 16.3. The molecule has 2 aliphatic rings. The van der Waals surface area contributed by atoms with Crippen LogP contribution in [0.25, 0.3) is 0 Å². The van der Waals surface area contributed by atoms with Gasteiger partial charge in [-0.3, -0.25) is 0 Å². The molecule has 2 fully saturated rings. The van der Waals surface area contributed by atoms with Gasteiger partial charge in [0, 0.05) is 12.6 Å². The van der Waals surface area contributed by atoms with Crippen molar-refractivity contribution in [3.63, 3.8) is 0 Å². The number of nitrogens with one attached hydrogen (secondary N) is 1. The maximum atomic E-state index is 10.6. The second-order valence-corrected chi connectivity index (χ2v) is 7.12. The minimum atomic E-state index is -0.413. The monoisotopic (exact) mass is 239 g/mol. The first-order valence-electron chi connectivity index (χ1n) is 7.45. The zero-order valence-electron chi connectivity index (χ0n) is 11.6. The number of rotatable bonds is 3. The normalized spacial score (nSPS) is 32.3. The Kier molecular flexibility index (Phi) is 4.14. The molecule has 0 saturated heterocycles. The lowest BCUT2D eigenvalue weighted by atomic mass is 9.91. The van der Waals surface area contributed by atoms with E-state index in [1.165, 1.54) is 44.9 Å². The molecule has 0 aromatic carbocycles. The molecule has 2 saturated carbocycles. The van der Waals surface area contributed by atoms with Crippen LogP contribution in [0.5, 0.6) is 0 Å². The molecule has 1 atom stereocenters. The van der Waals surface area contributed by atoms with E-state index in [4.69, 9.17) is 0 Å². The van der Waals surface area contributed by atoms with E-state index >= 15 is 0 Å². The van der Waals surface area contributed by atoms with Crippen molar-refractivity contribution in [2.24, 2.45) is 5.41 Å². The minimum Gasteiger partial charge on any atom is -0.389 e. The molecule has 0 aromatic rings. The molecule has 0 spiro atoms. The first-order chi connectivity index (χ1) is 7.99. The highest BCUT2D eigenvalue weighted by Crippen LogP contribution is 2.37. The Morgan fingerprint density at radius 3 is 2.24 bits per heavy atom. The maximum Gasteiger partial charge on any atom is 0.0771 e. The second kappa shape index (κ2) is 5.27. The summed E-state index contributed by atoms with van der Waals surface area (Å²) in [4.78, 5) is 0. The highest BCUT2D eigenvalue weighted by molar-refractivity contribution is 4.90. The first-order valence-corrected chi connectivity index (χ1v) is 7.45. The maximum absolute atomic E-state index is 10.6. The molecular weight excluding hydrogens is 210 g/mol. The molecule has 2 N–H and O–H groups in total. The quantitative estimate of drug-likeness (QED) is 0.741. The molecule has 1 unspecified atom stereocenters. The largest absolute Gasteiger partial charge is 0.389 e. The van der Waals surface area contributed by atoms with Gasteiger partial charge in [-0.1, -0.05) is 39.5 Å². The third-order valence-corrected chi connectivity index (χ3v) is 4.72. The molecule has 2 nitrogen and oxygen atoms in total. The molecule has 2 heteroatoms. The molecule has 0 bridgehead atoms. The Bertz CT molecular complexity index is 241. The van der Waals surface area contributed by atoms with Crippen LogP contribution in [0.15, 0.2) is 0 Å². The summed E-state index contributed by atoms with van der Waals surface area (Å²) in [5.41, 5.74) is 0.0903. The van der Waals surface area contributed by atoms with Gasteiger partial charge < -0.3 is 10.4 Å². The van der Waals surface area contributed by atoms with E-state index < -0.39 is 5.60 Å². The van der Waals surface area contributed by atoms with Gasteiger partial charge in [0.2, 0.25) is 0 Å². The summed E-state index contributed by atoms with van der Waals surface area (Å²) in [5, 5.41) is 14.2. The molecule has 2 rings (SSSR count). The van der Waals surface area contributed by atoms with Gasteiger partial charge in [0.1, 0.15) is 0 Å². The predicted octanol–water partition coefficient (Wildman–Crippen LogP) is 3.24. The molecule has 17 heavy (non-hydrogen) atoms. The Balaban J connectivity index is 1.77. The van der Waals surface area contributed by atoms with Gasteiger partial charge in [-0.25, -0.2) is 0 Å². The Morgan fingerprint density at radius 2 is 1.71 bits per heavy atom. The fourth-order valence-electron chi connectivity index (χ4n) is 3.51. The Hall–Kier alpha value is -0.0800. The summed E-state index contributed by atoms with van der Waals surface area (Å²) in [5.74, 6) is 0. The van der Waals surface area contributed by atoms with Crippen molar-refractivity contribution in [1.29, 1.82) is 0 Å². The highest BCUT2D eigenvalue weighted by Gasteiger charge is 2.33. The van der Waals surface area contributed by atoms with Crippen molar-refractivity contribution in [2.75, 3.05) is 6.54 Å². The van der Waals surface area contributed by atoms with Crippen LogP contribution in [-0.2, 0) is 0 Å². The molecule has 0 aromatic heterocycles. The van der Waals surface area contributed by atoms with Gasteiger partial charge in [0.05, 0.1) is 5.60 Å². The molecule has 0 aliphatic heterocycles. The lowest BCUT2D eigenvalue weighted by Gasteiger charge is -2.29. The van der Waals surface area contributed by atoms with Crippen LogP contribution in [0.1, 0.15) is 71.6 Å². The number of hydrogen-bond donors (Lipinski definition) is 2. The average Bonchev–Trinajstić information content (AvgIpc) is 2.47. The average molecular weight is 239 g/mol. The number of aliphatic hydroxyl groups is 1. The van der Waals surface area contributed by atoms with Crippen LogP contribution in [0.3, 0.4) is 0 Å². The van der Waals surface area contributed by atoms with E-state index in [1.54, 1.807) is 0 Å². The standard InChI is InChI=1S/C15H29NO/c1-14(2)10-7-13(11-14)16-12-15(17)8-5-3-4-6-9-15/h13,16-17H,3-12H2,1-2H3. The van der Waals surface area contributed by atoms with Crippen LogP contribution in [-0.4, -0.2) is 23.3 Å². The predicted molar refractivity (Wildman–Crippen MR) is 72.1 cm³/mol. The fourth-order valence-corrected chi connectivity index (χ4v) is 3.51. The van der Waals surface area contributed by atoms with Crippen molar-refractivity contribution >= 4 is 0 Å². The van der Waals surface area contributed by atoms with Crippen molar-refractivity contribution in [2.45, 2.75) is 83.3 Å². The summed E-state index contributed by atoms with van der Waals surface area (Å²) in [7, 11) is 0. The Labute approximate surface area is 106 Å². The third kappa shape index (κ3) is 3.96. The van der Waals surface area contributed by atoms with Crippen LogP contribution < -0.4 is 5.32 Å². The Morgan fingerprint density at radius 1 is 1.06 bits per heavy atom. The number of hydrogen-bond acceptors (Lipinski definition) is 2. The van der Waals surface area contributed by atoms with Gasteiger partial charge in [0.25, 0.3) is 0 Å². The summed E-state index contributed by atoms with van der Waals surface area (Å²) in [6.45, 7) is 5.53. The van der Waals surface area contributed by atoms with Crippen LogP contribution >= 0.6 is 0 Å². The van der Waals surface area contributed by atoms with Gasteiger partial charge in [-0.05, 0) is 37.5 Å². The summed E-state index contributed by atoms with van der Waals surface area (Å²) in [6.07, 6.45) is 10.9. The van der Waals surface area contributed by atoms with Gasteiger partial charge in [-0.2, -0.15) is 0 Å². The molecule has 100 valence electrons. The van der Waals surface area contributed by atoms with Gasteiger partial charge >= 0.3 is 0 Å². The van der Waals surface area contributed by atoms with E-state index in [-0.39, 0.29) is 0 Å². The van der Waals surface area contributed by atoms with E-state index in [9.17, 15) is 5.11 Å². The minimum absolute atomic E-state index is 0.413. The van der Waals surface area contributed by atoms with Crippen LogP contribution in [0.4, 0.5) is 0 Å². The summed E-state index contributed by atoms with van der Waals surface area (Å²) < 4.78 is 0. The van der Waals surface area contributed by atoms with Crippen LogP contribution in [0, 0.1) is 5.41 Å². The lowest BCUT2D eigenvalue weighted by Crippen LogP contribution is -2.43. The van der Waals surface area contributed by atoms with Crippen molar-refractivity contribution in [3.8, 4) is 0 Å². The van der Waals surface area contributed by atoms with Crippen molar-refractivity contribution < 1.29 is 5.11 Å². The smallest absolute Gasteiger partial charge is 0.0771 e. The third-order valence-electron chi connectivity index (χ3n) is 4.72. The second-order valence-electron chi connectivity index (χ2n) is 7.12. The molecule has 0 radical (unpaired) electrons. The first kappa shape index (κ1) is 13.4. The van der Waals surface area contributed by atoms with Crippen LogP contribution in [0.2, 0.25) is 0 Å². The van der Waals surface area contributed by atoms with E-state index in [1.807, 2.05) is 0 Å². The topological polar surface area (TPSA) is 32.3 Å². The van der Waals surface area contributed by atoms with Crippen molar-refractivity contribution in [1.82, 2.24) is 5.32 Å². The van der Waals surface area contributed by atoms with Gasteiger partial charge in [0.15, 0.2) is 0 Å². The molecule has 2 aliphatic carbocycles. The molecule has 0 heterocycles. The zero-order valence-corrected chi connectivity index (χ0v) is 11.6. The zero-order chi connectivity index (χ0) is 12.4. The summed E-state index contributed by atoms with van der Waals surface area (Å²) in [6, 6.07) is 0.636. The lowest BCUT2D eigenvalue weighted by molar-refractivity contribution is 0.0226. The fraction of sp³-hybridized carbons (Fsp3) is 1.00. The van der Waals surface area contributed by atoms with Gasteiger partial charge in [-0.15, -0.1) is 0 Å². The summed E-state index contributed by atoms with van der Waals surface area (Å²) >= 11 is 0. The van der Waals surface area contributed by atoms with E-state index in [2.05, 4.69) is 19.2 Å². The van der Waals surface area contributed by atoms with E-state index in [0.29, 0.717) is 11.5 Å². The SMILES string of the molecule is CC1(C)CCC(NCC2(O)CCCCCC2)C1. The molecular formula is C15H29NO. The van der Waals surface area contributed by atoms with E-state index in [0.717, 1.165) is 19.4 Å². The van der Waals surface area contributed by atoms with Crippen molar-refractivity contribution in [3.05, 3.63) is 0 Å². The molecule has 0 amide bonds.